The number of allylic oxidation sites excluding steroid dienone is 1. The van der Waals surface area contributed by atoms with Crippen molar-refractivity contribution in [1.82, 2.24) is 0 Å². The molecular weight excluding hydrogens is 204 g/mol. The highest BCUT2D eigenvalue weighted by Crippen LogP contribution is 2.37. The first-order chi connectivity index (χ1) is 8.34. The van der Waals surface area contributed by atoms with Gasteiger partial charge in [-0.1, -0.05) is 31.9 Å². The molecule has 0 spiro atoms. The zero-order chi connectivity index (χ0) is 11.7. The van der Waals surface area contributed by atoms with Crippen LogP contribution in [0.25, 0.3) is 16.7 Å². The second-order valence-electron chi connectivity index (χ2n) is 5.23. The molecule has 1 fully saturated rings. The quantitative estimate of drug-likeness (QED) is 0.621. The van der Waals surface area contributed by atoms with Crippen molar-refractivity contribution in [2.24, 2.45) is 5.92 Å². The Bertz CT molecular complexity index is 453. The molecule has 0 aromatic heterocycles. The molecule has 0 amide bonds. The summed E-state index contributed by atoms with van der Waals surface area (Å²) >= 11 is 0. The fourth-order valence-electron chi connectivity index (χ4n) is 3.02. The molecule has 0 heterocycles. The smallest absolute Gasteiger partial charge is 0.0162 e. The van der Waals surface area contributed by atoms with E-state index in [1.165, 1.54) is 54.4 Å². The minimum atomic E-state index is 0.723. The number of fused-ring (bicyclic) bond motifs is 1. The van der Waals surface area contributed by atoms with E-state index in [1.807, 2.05) is 0 Å². The Morgan fingerprint density at radius 2 is 1.88 bits per heavy atom. The van der Waals surface area contributed by atoms with Gasteiger partial charge in [0.1, 0.15) is 0 Å². The molecule has 3 rings (SSSR count). The molecule has 0 bridgehead atoms. The first kappa shape index (κ1) is 10.7. The first-order valence-corrected chi connectivity index (χ1v) is 6.69. The number of hydrogen-bond donors (Lipinski definition) is 0. The van der Waals surface area contributed by atoms with Gasteiger partial charge in [-0.2, -0.15) is 24.3 Å². The summed E-state index contributed by atoms with van der Waals surface area (Å²) in [4.78, 5) is 0. The molecule has 0 radical (unpaired) electrons. The molecule has 0 nitrogen and oxygen atoms in total. The molecule has 17 heavy (non-hydrogen) atoms. The summed E-state index contributed by atoms with van der Waals surface area (Å²) in [6.45, 7) is 4.34. The monoisotopic (exact) mass is 223 g/mol. The van der Waals surface area contributed by atoms with Crippen molar-refractivity contribution in [3.8, 4) is 11.1 Å². The molecule has 0 unspecified atom stereocenters. The summed E-state index contributed by atoms with van der Waals surface area (Å²) in [5.74, 6) is 0.723. The molecular formula is C17H19-. The molecule has 0 aliphatic heterocycles. The van der Waals surface area contributed by atoms with E-state index in [-0.39, 0.29) is 0 Å². The summed E-state index contributed by atoms with van der Waals surface area (Å²) in [5.41, 5.74) is 5.41. The predicted molar refractivity (Wildman–Crippen MR) is 74.3 cm³/mol. The van der Waals surface area contributed by atoms with E-state index in [1.54, 1.807) is 0 Å². The van der Waals surface area contributed by atoms with Gasteiger partial charge in [-0.15, -0.1) is 17.2 Å². The number of benzene rings is 1. The van der Waals surface area contributed by atoms with Gasteiger partial charge in [-0.3, -0.25) is 0 Å². The van der Waals surface area contributed by atoms with Crippen molar-refractivity contribution < 1.29 is 0 Å². The van der Waals surface area contributed by atoms with Crippen molar-refractivity contribution in [3.05, 3.63) is 48.5 Å². The molecule has 0 aromatic carbocycles. The zero-order valence-corrected chi connectivity index (χ0v) is 10.3. The maximum absolute atomic E-state index is 4.34. The van der Waals surface area contributed by atoms with E-state index in [9.17, 15) is 0 Å². The van der Waals surface area contributed by atoms with Crippen LogP contribution in [0.5, 0.6) is 0 Å². The Hall–Kier alpha value is -1.43. The molecule has 88 valence electrons. The number of rotatable bonds is 2. The zero-order valence-electron chi connectivity index (χ0n) is 10.3. The summed E-state index contributed by atoms with van der Waals surface area (Å²) < 4.78 is 0. The molecule has 3 aliphatic carbocycles. The number of hydrogen-bond acceptors (Lipinski definition) is 0. The van der Waals surface area contributed by atoms with E-state index in [0.717, 1.165) is 5.92 Å². The van der Waals surface area contributed by atoms with Crippen LogP contribution in [0.1, 0.15) is 37.7 Å². The average Bonchev–Trinajstić information content (AvgIpc) is 2.82. The maximum atomic E-state index is 4.34. The first-order valence-electron chi connectivity index (χ1n) is 6.69. The van der Waals surface area contributed by atoms with Gasteiger partial charge < -0.3 is 0 Å². The summed E-state index contributed by atoms with van der Waals surface area (Å²) in [6, 6.07) is 13.2. The maximum Gasteiger partial charge on any atom is -0.0162 e. The minimum Gasteiger partial charge on any atom is -0.172 e. The van der Waals surface area contributed by atoms with Crippen LogP contribution in [0.15, 0.2) is 43.0 Å². The van der Waals surface area contributed by atoms with E-state index in [0.29, 0.717) is 0 Å². The fourth-order valence-corrected chi connectivity index (χ4v) is 3.02. The van der Waals surface area contributed by atoms with Crippen LogP contribution in [0.3, 0.4) is 0 Å². The largest absolute Gasteiger partial charge is 0.172 e. The van der Waals surface area contributed by atoms with Crippen molar-refractivity contribution in [1.29, 1.82) is 0 Å². The van der Waals surface area contributed by atoms with Gasteiger partial charge in [-0.05, 0) is 29.9 Å². The second-order valence-corrected chi connectivity index (χ2v) is 5.23. The highest BCUT2D eigenvalue weighted by Gasteiger charge is 2.17. The third-order valence-corrected chi connectivity index (χ3v) is 4.09. The lowest BCUT2D eigenvalue weighted by molar-refractivity contribution is 0.430. The van der Waals surface area contributed by atoms with Gasteiger partial charge in [-0.25, -0.2) is 0 Å². The van der Waals surface area contributed by atoms with Crippen molar-refractivity contribution >= 4 is 5.57 Å². The van der Waals surface area contributed by atoms with Gasteiger partial charge in [0.2, 0.25) is 0 Å². The van der Waals surface area contributed by atoms with Gasteiger partial charge in [0, 0.05) is 0 Å². The minimum absolute atomic E-state index is 0.723. The Kier molecular flexibility index (Phi) is 2.80. The lowest BCUT2D eigenvalue weighted by Crippen LogP contribution is -2.07. The van der Waals surface area contributed by atoms with E-state index < -0.39 is 0 Å². The van der Waals surface area contributed by atoms with Gasteiger partial charge in [0.05, 0.1) is 0 Å². The van der Waals surface area contributed by atoms with E-state index in [2.05, 4.69) is 43.0 Å². The van der Waals surface area contributed by atoms with Crippen LogP contribution in [-0.4, -0.2) is 0 Å². The van der Waals surface area contributed by atoms with E-state index >= 15 is 0 Å². The second kappa shape index (κ2) is 4.44. The molecule has 0 heteroatoms. The lowest BCUT2D eigenvalue weighted by Gasteiger charge is -2.23. The van der Waals surface area contributed by atoms with Gasteiger partial charge >= 0.3 is 0 Å². The van der Waals surface area contributed by atoms with Crippen LogP contribution in [-0.2, 0) is 0 Å². The Labute approximate surface area is 104 Å². The van der Waals surface area contributed by atoms with Crippen LogP contribution < -0.4 is 0 Å². The average molecular weight is 223 g/mol. The molecule has 3 aliphatic rings. The highest BCUT2D eigenvalue weighted by atomic mass is 14.2. The van der Waals surface area contributed by atoms with Crippen molar-refractivity contribution in [2.75, 3.05) is 0 Å². The Balaban J connectivity index is 1.88. The molecule has 0 saturated heterocycles. The molecule has 0 aromatic rings. The molecule has 0 N–H and O–H groups in total. The lowest BCUT2D eigenvalue weighted by atomic mass is 9.82. The summed E-state index contributed by atoms with van der Waals surface area (Å²) in [5, 5.41) is 0. The SMILES string of the molecule is C=C(c1cc2cc[cH-]cc-2c1)C1CCCCC1. The fraction of sp³-hybridized carbons (Fsp3) is 0.353. The standard InChI is InChI=1S/C17H19/c1-13(14-7-3-2-4-8-14)17-11-15-9-5-6-10-16(15)12-17/h5-6,9-12,14H,1-4,7-8H2/q-1. The molecule has 1 saturated carbocycles. The summed E-state index contributed by atoms with van der Waals surface area (Å²) in [7, 11) is 0. The predicted octanol–water partition coefficient (Wildman–Crippen LogP) is 5.10. The van der Waals surface area contributed by atoms with Crippen LogP contribution in [0.4, 0.5) is 0 Å². The van der Waals surface area contributed by atoms with Gasteiger partial charge in [0.15, 0.2) is 0 Å². The summed E-state index contributed by atoms with van der Waals surface area (Å²) in [6.07, 6.45) is 6.83. The normalized spacial score (nSPS) is 17.4. The third kappa shape index (κ3) is 2.04. The van der Waals surface area contributed by atoms with Crippen LogP contribution in [0.2, 0.25) is 0 Å². The van der Waals surface area contributed by atoms with E-state index in [4.69, 9.17) is 0 Å². The van der Waals surface area contributed by atoms with Gasteiger partial charge in [0.25, 0.3) is 0 Å². The van der Waals surface area contributed by atoms with Crippen LogP contribution in [0, 0.1) is 5.92 Å². The highest BCUT2D eigenvalue weighted by molar-refractivity contribution is 5.78. The van der Waals surface area contributed by atoms with Crippen LogP contribution >= 0.6 is 0 Å². The Morgan fingerprint density at radius 1 is 1.12 bits per heavy atom. The van der Waals surface area contributed by atoms with Crippen molar-refractivity contribution in [2.45, 2.75) is 32.1 Å². The Morgan fingerprint density at radius 3 is 2.65 bits per heavy atom. The topological polar surface area (TPSA) is 0 Å². The molecule has 0 atom stereocenters. The third-order valence-electron chi connectivity index (χ3n) is 4.09. The van der Waals surface area contributed by atoms with Crippen molar-refractivity contribution in [3.63, 3.8) is 0 Å².